The van der Waals surface area contributed by atoms with Crippen LogP contribution in [0.15, 0.2) is 0 Å². The van der Waals surface area contributed by atoms with Crippen molar-refractivity contribution in [3.05, 3.63) is 0 Å². The van der Waals surface area contributed by atoms with E-state index in [1.54, 1.807) is 0 Å². The van der Waals surface area contributed by atoms with Crippen LogP contribution in [0.2, 0.25) is 0 Å². The second-order valence-electron chi connectivity index (χ2n) is 7.70. The molecule has 0 saturated heterocycles. The second-order valence-corrected chi connectivity index (χ2v) is 7.70. The van der Waals surface area contributed by atoms with Gasteiger partial charge in [0.05, 0.1) is 0 Å². The van der Waals surface area contributed by atoms with Crippen molar-refractivity contribution in [2.45, 2.75) is 61.3 Å². The van der Waals surface area contributed by atoms with E-state index in [-0.39, 0.29) is 0 Å². The first kappa shape index (κ1) is 18.9. The fraction of sp³-hybridized carbons (Fsp3) is 1.00. The zero-order valence-electron chi connectivity index (χ0n) is 14.4. The van der Waals surface area contributed by atoms with Crippen molar-refractivity contribution in [2.75, 3.05) is 26.3 Å². The summed E-state index contributed by atoms with van der Waals surface area (Å²) in [5, 5.41) is 3.60. The average molecular weight is 271 g/mol. The smallest absolute Gasteiger partial charge is 0.0469 e. The van der Waals surface area contributed by atoms with Gasteiger partial charge in [-0.25, -0.2) is 0 Å². The van der Waals surface area contributed by atoms with E-state index in [1.807, 2.05) is 0 Å². The van der Waals surface area contributed by atoms with Crippen molar-refractivity contribution in [2.24, 2.45) is 23.2 Å². The van der Waals surface area contributed by atoms with Crippen molar-refractivity contribution >= 4 is 0 Å². The van der Waals surface area contributed by atoms with Crippen LogP contribution < -0.4 is 5.32 Å². The Morgan fingerprint density at radius 2 is 1.42 bits per heavy atom. The molecule has 0 aromatic rings. The van der Waals surface area contributed by atoms with Crippen LogP contribution in [0.5, 0.6) is 0 Å². The van der Waals surface area contributed by atoms with Crippen molar-refractivity contribution in [3.8, 4) is 0 Å². The van der Waals surface area contributed by atoms with E-state index in [2.05, 4.69) is 53.8 Å². The predicted molar refractivity (Wildman–Crippen MR) is 85.5 cm³/mol. The molecule has 0 aliphatic rings. The van der Waals surface area contributed by atoms with Gasteiger partial charge in [0.25, 0.3) is 0 Å². The second kappa shape index (κ2) is 9.77. The van der Waals surface area contributed by atoms with Gasteiger partial charge >= 0.3 is 0 Å². The molecule has 0 spiro atoms. The fourth-order valence-corrected chi connectivity index (χ4v) is 2.03. The van der Waals surface area contributed by atoms with E-state index < -0.39 is 0 Å². The highest BCUT2D eigenvalue weighted by Gasteiger charge is 2.23. The normalized spacial score (nSPS) is 14.4. The summed E-state index contributed by atoms with van der Waals surface area (Å²) in [6.07, 6.45) is 2.33. The number of ether oxygens (including phenoxy) is 1. The van der Waals surface area contributed by atoms with Crippen LogP contribution in [0, 0.1) is 23.2 Å². The zero-order valence-corrected chi connectivity index (χ0v) is 14.4. The van der Waals surface area contributed by atoms with Crippen molar-refractivity contribution in [1.29, 1.82) is 0 Å². The highest BCUT2D eigenvalue weighted by Crippen LogP contribution is 2.28. The van der Waals surface area contributed by atoms with Gasteiger partial charge in [0.1, 0.15) is 0 Å². The number of rotatable bonds is 10. The Hall–Kier alpha value is -0.0800. The summed E-state index contributed by atoms with van der Waals surface area (Å²) in [6.45, 7) is 20.0. The summed E-state index contributed by atoms with van der Waals surface area (Å²) < 4.78 is 5.77. The van der Waals surface area contributed by atoms with Gasteiger partial charge in [-0.1, -0.05) is 48.5 Å². The van der Waals surface area contributed by atoms with E-state index in [4.69, 9.17) is 4.74 Å². The molecule has 0 amide bonds. The van der Waals surface area contributed by atoms with Crippen LogP contribution >= 0.6 is 0 Å². The Kier molecular flexibility index (Phi) is 9.72. The lowest BCUT2D eigenvalue weighted by Gasteiger charge is -2.31. The van der Waals surface area contributed by atoms with Gasteiger partial charge in [-0.2, -0.15) is 0 Å². The maximum Gasteiger partial charge on any atom is 0.0469 e. The molecule has 1 N–H and O–H groups in total. The van der Waals surface area contributed by atoms with E-state index in [1.165, 1.54) is 6.42 Å². The van der Waals surface area contributed by atoms with Gasteiger partial charge < -0.3 is 10.1 Å². The first-order chi connectivity index (χ1) is 8.73. The van der Waals surface area contributed by atoms with Crippen LogP contribution in [-0.2, 0) is 4.74 Å². The maximum absolute atomic E-state index is 5.77. The Morgan fingerprint density at radius 3 is 1.89 bits per heavy atom. The van der Waals surface area contributed by atoms with E-state index in [0.717, 1.165) is 44.6 Å². The monoisotopic (exact) mass is 271 g/mol. The maximum atomic E-state index is 5.77. The lowest BCUT2D eigenvalue weighted by atomic mass is 9.79. The quantitative estimate of drug-likeness (QED) is 0.597. The standard InChI is InChI=1S/C17H37NO/c1-14(2)8-10-19-11-9-16(17(5,6)7)13-18-12-15(3)4/h14-16,18H,8-13H2,1-7H3. The highest BCUT2D eigenvalue weighted by molar-refractivity contribution is 4.76. The molecule has 1 atom stereocenters. The number of hydrogen-bond donors (Lipinski definition) is 1. The van der Waals surface area contributed by atoms with Gasteiger partial charge in [-0.3, -0.25) is 0 Å². The summed E-state index contributed by atoms with van der Waals surface area (Å²) in [6, 6.07) is 0. The van der Waals surface area contributed by atoms with Gasteiger partial charge in [0, 0.05) is 13.2 Å². The molecule has 0 aliphatic heterocycles. The largest absolute Gasteiger partial charge is 0.381 e. The highest BCUT2D eigenvalue weighted by atomic mass is 16.5. The molecule has 0 fully saturated rings. The molecule has 2 nitrogen and oxygen atoms in total. The van der Waals surface area contributed by atoms with Crippen molar-refractivity contribution in [3.63, 3.8) is 0 Å². The minimum atomic E-state index is 0.353. The molecule has 0 aromatic carbocycles. The first-order valence-corrected chi connectivity index (χ1v) is 8.02. The summed E-state index contributed by atoms with van der Waals surface area (Å²) in [5.74, 6) is 2.15. The number of nitrogens with one attached hydrogen (secondary N) is 1. The topological polar surface area (TPSA) is 21.3 Å². The molecule has 0 radical (unpaired) electrons. The van der Waals surface area contributed by atoms with Gasteiger partial charge in [-0.05, 0) is 49.1 Å². The summed E-state index contributed by atoms with van der Waals surface area (Å²) in [7, 11) is 0. The summed E-state index contributed by atoms with van der Waals surface area (Å²) in [4.78, 5) is 0. The number of hydrogen-bond acceptors (Lipinski definition) is 2. The van der Waals surface area contributed by atoms with Gasteiger partial charge in [0.2, 0.25) is 0 Å². The molecule has 1 unspecified atom stereocenters. The van der Waals surface area contributed by atoms with Crippen LogP contribution in [0.3, 0.4) is 0 Å². The Morgan fingerprint density at radius 1 is 0.842 bits per heavy atom. The first-order valence-electron chi connectivity index (χ1n) is 8.02. The molecule has 0 aromatic heterocycles. The Bertz CT molecular complexity index is 206. The van der Waals surface area contributed by atoms with Crippen LogP contribution in [0.1, 0.15) is 61.3 Å². The van der Waals surface area contributed by atoms with Crippen LogP contribution in [0.25, 0.3) is 0 Å². The van der Waals surface area contributed by atoms with E-state index in [0.29, 0.717) is 11.3 Å². The zero-order chi connectivity index (χ0) is 14.9. The molecule has 0 aliphatic carbocycles. The van der Waals surface area contributed by atoms with Crippen molar-refractivity contribution < 1.29 is 4.74 Å². The van der Waals surface area contributed by atoms with Crippen molar-refractivity contribution in [1.82, 2.24) is 5.32 Å². The van der Waals surface area contributed by atoms with E-state index in [9.17, 15) is 0 Å². The Balaban J connectivity index is 3.88. The summed E-state index contributed by atoms with van der Waals surface area (Å²) >= 11 is 0. The lowest BCUT2D eigenvalue weighted by Crippen LogP contribution is -2.34. The molecular formula is C17H37NO. The molecule has 0 rings (SSSR count). The third kappa shape index (κ3) is 11.4. The van der Waals surface area contributed by atoms with E-state index >= 15 is 0 Å². The van der Waals surface area contributed by atoms with Gasteiger partial charge in [-0.15, -0.1) is 0 Å². The molecule has 19 heavy (non-hydrogen) atoms. The SMILES string of the molecule is CC(C)CCOCCC(CNCC(C)C)C(C)(C)C. The third-order valence-electron chi connectivity index (χ3n) is 3.62. The predicted octanol–water partition coefficient (Wildman–Crippen LogP) is 4.35. The van der Waals surface area contributed by atoms with Crippen LogP contribution in [-0.4, -0.2) is 26.3 Å². The lowest BCUT2D eigenvalue weighted by molar-refractivity contribution is 0.0895. The average Bonchev–Trinajstić information content (AvgIpc) is 2.23. The molecule has 2 heteroatoms. The Labute approximate surface area is 121 Å². The van der Waals surface area contributed by atoms with Gasteiger partial charge in [0.15, 0.2) is 0 Å². The molecule has 0 bridgehead atoms. The summed E-state index contributed by atoms with van der Waals surface area (Å²) in [5.41, 5.74) is 0.353. The third-order valence-corrected chi connectivity index (χ3v) is 3.62. The molecule has 0 heterocycles. The molecule has 116 valence electrons. The minimum absolute atomic E-state index is 0.353. The van der Waals surface area contributed by atoms with Crippen LogP contribution in [0.4, 0.5) is 0 Å². The minimum Gasteiger partial charge on any atom is -0.381 e. The molecule has 0 saturated carbocycles. The fourth-order valence-electron chi connectivity index (χ4n) is 2.03. The molecular weight excluding hydrogens is 234 g/mol.